The largest absolute Gasteiger partial charge is 0.416 e. The summed E-state index contributed by atoms with van der Waals surface area (Å²) in [5.74, 6) is -1.38. The molecule has 1 aliphatic rings. The van der Waals surface area contributed by atoms with E-state index >= 15 is 0 Å². The number of nitrogens with one attached hydrogen (secondary N) is 2. The number of anilines is 1. The third kappa shape index (κ3) is 6.09. The summed E-state index contributed by atoms with van der Waals surface area (Å²) < 4.78 is 39.8. The fourth-order valence-corrected chi connectivity index (χ4v) is 3.97. The van der Waals surface area contributed by atoms with E-state index in [-0.39, 0.29) is 35.7 Å². The molecule has 0 bridgehead atoms. The maximum absolute atomic E-state index is 12.7. The summed E-state index contributed by atoms with van der Waals surface area (Å²) in [5, 5.41) is 9.48. The van der Waals surface area contributed by atoms with Crippen LogP contribution < -0.4 is 10.6 Å². The summed E-state index contributed by atoms with van der Waals surface area (Å²) in [4.78, 5) is 38.8. The third-order valence-corrected chi connectivity index (χ3v) is 5.96. The van der Waals surface area contributed by atoms with Crippen molar-refractivity contribution in [2.75, 3.05) is 25.0 Å². The molecule has 1 saturated heterocycles. The van der Waals surface area contributed by atoms with Crippen LogP contribution >= 0.6 is 0 Å². The average molecular weight is 499 g/mol. The van der Waals surface area contributed by atoms with Gasteiger partial charge in [0.05, 0.1) is 17.8 Å². The second-order valence-corrected chi connectivity index (χ2v) is 8.41. The van der Waals surface area contributed by atoms with Crippen LogP contribution in [0.4, 0.5) is 18.9 Å². The van der Waals surface area contributed by atoms with Crippen molar-refractivity contribution < 1.29 is 27.6 Å². The van der Waals surface area contributed by atoms with Crippen molar-refractivity contribution in [1.29, 1.82) is 0 Å². The standard InChI is InChI=1S/C25H24F3N5O3/c26-25(27,28)19-4-2-18(3-5-19)24(36)32-14-10-17(11-15-32)23(35)29-16-22(34)31-20-6-8-21(9-7-20)33-13-1-12-30-33/h1-9,12-13,17H,10-11,14-16H2,(H,29,35)(H,31,34). The minimum atomic E-state index is -4.46. The molecule has 4 rings (SSSR count). The molecular weight excluding hydrogens is 475 g/mol. The van der Waals surface area contributed by atoms with Crippen molar-refractivity contribution in [2.45, 2.75) is 19.0 Å². The van der Waals surface area contributed by atoms with Gasteiger partial charge in [-0.1, -0.05) is 0 Å². The predicted octanol–water partition coefficient (Wildman–Crippen LogP) is 3.50. The van der Waals surface area contributed by atoms with E-state index in [0.29, 0.717) is 31.6 Å². The molecule has 1 fully saturated rings. The first-order valence-electron chi connectivity index (χ1n) is 11.3. The van der Waals surface area contributed by atoms with Crippen LogP contribution in [-0.2, 0) is 15.8 Å². The molecule has 0 spiro atoms. The van der Waals surface area contributed by atoms with Crippen LogP contribution in [0.3, 0.4) is 0 Å². The minimum absolute atomic E-state index is 0.167. The van der Waals surface area contributed by atoms with Crippen molar-refractivity contribution in [1.82, 2.24) is 20.0 Å². The SMILES string of the molecule is O=C(CNC(=O)C1CCN(C(=O)c2ccc(C(F)(F)F)cc2)CC1)Nc1ccc(-n2cccn2)cc1. The highest BCUT2D eigenvalue weighted by atomic mass is 19.4. The second-order valence-electron chi connectivity index (χ2n) is 8.41. The van der Waals surface area contributed by atoms with Gasteiger partial charge >= 0.3 is 6.18 Å². The van der Waals surface area contributed by atoms with Crippen LogP contribution in [-0.4, -0.2) is 52.0 Å². The van der Waals surface area contributed by atoms with Gasteiger partial charge in [0.15, 0.2) is 0 Å². The number of likely N-dealkylation sites (tertiary alicyclic amines) is 1. The molecule has 3 aromatic rings. The number of carbonyl (C=O) groups excluding carboxylic acids is 3. The first kappa shape index (κ1) is 25.0. The van der Waals surface area contributed by atoms with Crippen molar-refractivity contribution in [3.63, 3.8) is 0 Å². The number of halogens is 3. The van der Waals surface area contributed by atoms with E-state index in [1.807, 2.05) is 0 Å². The Morgan fingerprint density at radius 2 is 1.64 bits per heavy atom. The van der Waals surface area contributed by atoms with Gasteiger partial charge in [-0.2, -0.15) is 18.3 Å². The number of nitrogens with zero attached hydrogens (tertiary/aromatic N) is 3. The Bertz CT molecular complexity index is 1200. The Labute approximate surface area is 205 Å². The van der Waals surface area contributed by atoms with Gasteiger partial charge in [0.2, 0.25) is 11.8 Å². The molecule has 11 heteroatoms. The van der Waals surface area contributed by atoms with E-state index in [4.69, 9.17) is 0 Å². The molecule has 36 heavy (non-hydrogen) atoms. The van der Waals surface area contributed by atoms with Gasteiger partial charge in [-0.25, -0.2) is 4.68 Å². The zero-order valence-corrected chi connectivity index (χ0v) is 19.2. The lowest BCUT2D eigenvalue weighted by Crippen LogP contribution is -2.44. The third-order valence-electron chi connectivity index (χ3n) is 5.96. The monoisotopic (exact) mass is 499 g/mol. The van der Waals surface area contributed by atoms with Gasteiger partial charge in [-0.05, 0) is 67.4 Å². The van der Waals surface area contributed by atoms with Gasteiger partial charge in [0, 0.05) is 42.7 Å². The highest BCUT2D eigenvalue weighted by Crippen LogP contribution is 2.29. The van der Waals surface area contributed by atoms with Gasteiger partial charge in [0.1, 0.15) is 0 Å². The summed E-state index contributed by atoms with van der Waals surface area (Å²) in [5.41, 5.74) is 0.777. The van der Waals surface area contributed by atoms with E-state index < -0.39 is 11.7 Å². The Hall–Kier alpha value is -4.15. The fourth-order valence-electron chi connectivity index (χ4n) is 3.97. The average Bonchev–Trinajstić information content (AvgIpc) is 3.42. The van der Waals surface area contributed by atoms with Gasteiger partial charge in [-0.15, -0.1) is 0 Å². The van der Waals surface area contributed by atoms with Crippen LogP contribution in [0.1, 0.15) is 28.8 Å². The molecule has 8 nitrogen and oxygen atoms in total. The lowest BCUT2D eigenvalue weighted by Gasteiger charge is -2.31. The molecule has 1 aliphatic heterocycles. The Morgan fingerprint density at radius 1 is 0.972 bits per heavy atom. The van der Waals surface area contributed by atoms with Crippen LogP contribution in [0.25, 0.3) is 5.69 Å². The molecular formula is C25H24F3N5O3. The number of rotatable bonds is 6. The second kappa shape index (κ2) is 10.6. The number of carbonyl (C=O) groups is 3. The smallest absolute Gasteiger partial charge is 0.347 e. The highest BCUT2D eigenvalue weighted by molar-refractivity contribution is 5.95. The van der Waals surface area contributed by atoms with Crippen molar-refractivity contribution in [3.05, 3.63) is 78.1 Å². The molecule has 0 unspecified atom stereocenters. The zero-order chi connectivity index (χ0) is 25.7. The minimum Gasteiger partial charge on any atom is -0.347 e. The molecule has 0 radical (unpaired) electrons. The number of piperidine rings is 1. The zero-order valence-electron chi connectivity index (χ0n) is 19.2. The molecule has 188 valence electrons. The van der Waals surface area contributed by atoms with E-state index in [1.165, 1.54) is 4.90 Å². The summed E-state index contributed by atoms with van der Waals surface area (Å²) in [6, 6.07) is 13.0. The number of hydrogen-bond acceptors (Lipinski definition) is 4. The quantitative estimate of drug-likeness (QED) is 0.543. The predicted molar refractivity (Wildman–Crippen MR) is 125 cm³/mol. The first-order valence-corrected chi connectivity index (χ1v) is 11.3. The lowest BCUT2D eigenvalue weighted by atomic mass is 9.95. The van der Waals surface area contributed by atoms with Gasteiger partial charge in [-0.3, -0.25) is 14.4 Å². The topological polar surface area (TPSA) is 96.3 Å². The number of hydrogen-bond donors (Lipinski definition) is 2. The number of benzene rings is 2. The summed E-state index contributed by atoms with van der Waals surface area (Å²) in [7, 11) is 0. The normalized spacial score (nSPS) is 14.4. The Balaban J connectivity index is 1.20. The van der Waals surface area contributed by atoms with Crippen LogP contribution in [0.5, 0.6) is 0 Å². The fraction of sp³-hybridized carbons (Fsp3) is 0.280. The molecule has 2 aromatic carbocycles. The maximum atomic E-state index is 12.7. The van der Waals surface area contributed by atoms with Gasteiger partial charge in [0.25, 0.3) is 5.91 Å². The number of alkyl halides is 3. The van der Waals surface area contributed by atoms with Crippen molar-refractivity contribution in [3.8, 4) is 5.69 Å². The summed E-state index contributed by atoms with van der Waals surface area (Å²) in [6.07, 6.45) is -0.198. The van der Waals surface area contributed by atoms with E-state index in [9.17, 15) is 27.6 Å². The lowest BCUT2D eigenvalue weighted by molar-refractivity contribution is -0.137. The number of amides is 3. The maximum Gasteiger partial charge on any atom is 0.416 e. The first-order chi connectivity index (χ1) is 17.2. The Kier molecular flexibility index (Phi) is 7.37. The molecule has 0 saturated carbocycles. The van der Waals surface area contributed by atoms with E-state index in [0.717, 1.165) is 30.0 Å². The molecule has 1 aromatic heterocycles. The van der Waals surface area contributed by atoms with Crippen LogP contribution in [0, 0.1) is 5.92 Å². The summed E-state index contributed by atoms with van der Waals surface area (Å²) in [6.45, 7) is 0.407. The van der Waals surface area contributed by atoms with Gasteiger partial charge < -0.3 is 15.5 Å². The van der Waals surface area contributed by atoms with E-state index in [2.05, 4.69) is 15.7 Å². The molecule has 3 amide bonds. The molecule has 2 heterocycles. The molecule has 2 N–H and O–H groups in total. The highest BCUT2D eigenvalue weighted by Gasteiger charge is 2.31. The van der Waals surface area contributed by atoms with Crippen molar-refractivity contribution >= 4 is 23.4 Å². The molecule has 0 atom stereocenters. The van der Waals surface area contributed by atoms with Crippen LogP contribution in [0.15, 0.2) is 67.0 Å². The van der Waals surface area contributed by atoms with Crippen LogP contribution in [0.2, 0.25) is 0 Å². The van der Waals surface area contributed by atoms with Crippen molar-refractivity contribution in [2.24, 2.45) is 5.92 Å². The number of aromatic nitrogens is 2. The molecule has 0 aliphatic carbocycles. The summed E-state index contributed by atoms with van der Waals surface area (Å²) >= 11 is 0. The Morgan fingerprint density at radius 3 is 2.22 bits per heavy atom. The van der Waals surface area contributed by atoms with E-state index in [1.54, 1.807) is 47.4 Å².